The molecule has 160 valence electrons. The normalized spacial score (nSPS) is 20.2. The van der Waals surface area contributed by atoms with E-state index in [0.717, 1.165) is 15.7 Å². The maximum atomic E-state index is 13.4. The van der Waals surface area contributed by atoms with Gasteiger partial charge in [-0.1, -0.05) is 54.6 Å². The van der Waals surface area contributed by atoms with E-state index in [1.807, 2.05) is 36.4 Å². The number of fused-ring (bicyclic) bond motifs is 2. The number of imide groups is 1. The summed E-state index contributed by atoms with van der Waals surface area (Å²) in [4.78, 5) is 53.5. The minimum atomic E-state index is -1.31. The predicted molar refractivity (Wildman–Crippen MR) is 119 cm³/mol. The van der Waals surface area contributed by atoms with Gasteiger partial charge in [-0.05, 0) is 35.4 Å². The van der Waals surface area contributed by atoms with Gasteiger partial charge in [-0.3, -0.25) is 24.2 Å². The van der Waals surface area contributed by atoms with Gasteiger partial charge in [0, 0.05) is 0 Å². The Kier molecular flexibility index (Phi) is 4.44. The smallest absolute Gasteiger partial charge is 0.323 e. The zero-order chi connectivity index (χ0) is 22.5. The van der Waals surface area contributed by atoms with Gasteiger partial charge in [0.05, 0.1) is 11.4 Å². The second-order valence-electron chi connectivity index (χ2n) is 8.02. The SMILES string of the molecule is CC1(c2cccc3ccccc23)NC(=O)N(CC(=O)N2CC(=O)Nc3ccccc32)C1=O. The molecule has 1 unspecified atom stereocenters. The van der Waals surface area contributed by atoms with Gasteiger partial charge in [0.15, 0.2) is 0 Å². The zero-order valence-electron chi connectivity index (χ0n) is 17.3. The number of nitrogens with one attached hydrogen (secondary N) is 2. The zero-order valence-corrected chi connectivity index (χ0v) is 17.3. The molecular weight excluding hydrogens is 408 g/mol. The lowest BCUT2D eigenvalue weighted by Crippen LogP contribution is -2.48. The second-order valence-corrected chi connectivity index (χ2v) is 8.02. The molecule has 8 nitrogen and oxygen atoms in total. The molecule has 1 atom stereocenters. The monoisotopic (exact) mass is 428 g/mol. The van der Waals surface area contributed by atoms with Crippen LogP contribution in [0.4, 0.5) is 16.2 Å². The molecule has 1 saturated heterocycles. The molecule has 32 heavy (non-hydrogen) atoms. The van der Waals surface area contributed by atoms with E-state index in [2.05, 4.69) is 10.6 Å². The molecule has 0 radical (unpaired) electrons. The van der Waals surface area contributed by atoms with Crippen LogP contribution >= 0.6 is 0 Å². The van der Waals surface area contributed by atoms with Crippen LogP contribution in [0.25, 0.3) is 10.8 Å². The van der Waals surface area contributed by atoms with Gasteiger partial charge >= 0.3 is 6.03 Å². The van der Waals surface area contributed by atoms with Crippen LogP contribution in [-0.4, -0.2) is 41.7 Å². The van der Waals surface area contributed by atoms with Crippen molar-refractivity contribution in [1.29, 1.82) is 0 Å². The molecule has 5 rings (SSSR count). The molecule has 0 bridgehead atoms. The van der Waals surface area contributed by atoms with Crippen molar-refractivity contribution in [2.45, 2.75) is 12.5 Å². The maximum Gasteiger partial charge on any atom is 0.325 e. The third-order valence-corrected chi connectivity index (χ3v) is 5.97. The van der Waals surface area contributed by atoms with Crippen LogP contribution < -0.4 is 15.5 Å². The first-order chi connectivity index (χ1) is 15.4. The number of anilines is 2. The van der Waals surface area contributed by atoms with E-state index in [4.69, 9.17) is 0 Å². The molecule has 0 saturated carbocycles. The third-order valence-electron chi connectivity index (χ3n) is 5.97. The number of carbonyl (C=O) groups excluding carboxylic acids is 4. The molecule has 2 heterocycles. The number of benzene rings is 3. The van der Waals surface area contributed by atoms with E-state index >= 15 is 0 Å². The number of rotatable bonds is 3. The van der Waals surface area contributed by atoms with E-state index < -0.39 is 29.9 Å². The minimum Gasteiger partial charge on any atom is -0.323 e. The highest BCUT2D eigenvalue weighted by molar-refractivity contribution is 6.14. The Morgan fingerprint density at radius 3 is 2.53 bits per heavy atom. The van der Waals surface area contributed by atoms with Gasteiger partial charge in [0.2, 0.25) is 11.8 Å². The van der Waals surface area contributed by atoms with Crippen LogP contribution in [-0.2, 0) is 19.9 Å². The van der Waals surface area contributed by atoms with Crippen molar-refractivity contribution >= 4 is 45.9 Å². The average molecular weight is 428 g/mol. The number of hydrogen-bond donors (Lipinski definition) is 2. The first-order valence-corrected chi connectivity index (χ1v) is 10.2. The van der Waals surface area contributed by atoms with Gasteiger partial charge in [-0.15, -0.1) is 0 Å². The summed E-state index contributed by atoms with van der Waals surface area (Å²) in [6, 6.07) is 19.4. The van der Waals surface area contributed by atoms with Crippen molar-refractivity contribution in [1.82, 2.24) is 10.2 Å². The van der Waals surface area contributed by atoms with Crippen molar-refractivity contribution < 1.29 is 19.2 Å². The summed E-state index contributed by atoms with van der Waals surface area (Å²) >= 11 is 0. The molecule has 3 aromatic carbocycles. The molecule has 0 spiro atoms. The van der Waals surface area contributed by atoms with Gasteiger partial charge in [0.1, 0.15) is 18.6 Å². The molecule has 2 aliphatic heterocycles. The summed E-state index contributed by atoms with van der Waals surface area (Å²) in [6.07, 6.45) is 0. The molecule has 3 aromatic rings. The lowest BCUT2D eigenvalue weighted by molar-refractivity contribution is -0.134. The number of amides is 5. The first-order valence-electron chi connectivity index (χ1n) is 10.2. The summed E-state index contributed by atoms with van der Waals surface area (Å²) in [5.74, 6) is -1.37. The fraction of sp³-hybridized carbons (Fsp3) is 0.167. The Bertz CT molecular complexity index is 1300. The first kappa shape index (κ1) is 19.7. The number of carbonyl (C=O) groups is 4. The summed E-state index contributed by atoms with van der Waals surface area (Å²) < 4.78 is 0. The molecule has 8 heteroatoms. The van der Waals surface area contributed by atoms with Crippen LogP contribution in [0.2, 0.25) is 0 Å². The summed E-state index contributed by atoms with van der Waals surface area (Å²) in [5.41, 5.74) is 0.387. The van der Waals surface area contributed by atoms with Gasteiger partial charge < -0.3 is 10.6 Å². The lowest BCUT2D eigenvalue weighted by atomic mass is 9.88. The Morgan fingerprint density at radius 1 is 0.969 bits per heavy atom. The Morgan fingerprint density at radius 2 is 1.69 bits per heavy atom. The lowest BCUT2D eigenvalue weighted by Gasteiger charge is -2.30. The summed E-state index contributed by atoms with van der Waals surface area (Å²) in [5, 5.41) is 7.27. The number of urea groups is 1. The van der Waals surface area contributed by atoms with Gasteiger partial charge in [-0.2, -0.15) is 0 Å². The molecule has 0 aromatic heterocycles. The predicted octanol–water partition coefficient (Wildman–Crippen LogP) is 2.59. The van der Waals surface area contributed by atoms with Crippen molar-refractivity contribution in [2.24, 2.45) is 0 Å². The topological polar surface area (TPSA) is 98.8 Å². The van der Waals surface area contributed by atoms with E-state index in [1.165, 1.54) is 4.90 Å². The number of hydrogen-bond acceptors (Lipinski definition) is 4. The quantitative estimate of drug-likeness (QED) is 0.627. The molecule has 0 aliphatic carbocycles. The highest BCUT2D eigenvalue weighted by atomic mass is 16.2. The average Bonchev–Trinajstić information content (AvgIpc) is 3.01. The van der Waals surface area contributed by atoms with Crippen molar-refractivity contribution in [3.05, 3.63) is 72.3 Å². The molecular formula is C24H20N4O4. The molecule has 2 N–H and O–H groups in total. The Hall–Kier alpha value is -4.20. The largest absolute Gasteiger partial charge is 0.325 e. The fourth-order valence-electron chi connectivity index (χ4n) is 4.36. The molecule has 5 amide bonds. The Balaban J connectivity index is 1.45. The summed E-state index contributed by atoms with van der Waals surface area (Å²) in [6.45, 7) is 0.996. The molecule has 1 fully saturated rings. The third kappa shape index (κ3) is 2.99. The maximum absolute atomic E-state index is 13.4. The highest BCUT2D eigenvalue weighted by Crippen LogP contribution is 2.34. The van der Waals surface area contributed by atoms with Crippen LogP contribution in [0.15, 0.2) is 66.7 Å². The van der Waals surface area contributed by atoms with Crippen LogP contribution in [0.1, 0.15) is 12.5 Å². The van der Waals surface area contributed by atoms with Gasteiger partial charge in [0.25, 0.3) is 5.91 Å². The van der Waals surface area contributed by atoms with Crippen LogP contribution in [0.3, 0.4) is 0 Å². The van der Waals surface area contributed by atoms with E-state index in [-0.39, 0.29) is 12.5 Å². The van der Waals surface area contributed by atoms with Crippen LogP contribution in [0, 0.1) is 0 Å². The van der Waals surface area contributed by atoms with E-state index in [9.17, 15) is 19.2 Å². The van der Waals surface area contributed by atoms with Crippen LogP contribution in [0.5, 0.6) is 0 Å². The fourth-order valence-corrected chi connectivity index (χ4v) is 4.36. The highest BCUT2D eigenvalue weighted by Gasteiger charge is 2.50. The number of nitrogens with zero attached hydrogens (tertiary/aromatic N) is 2. The minimum absolute atomic E-state index is 0.180. The van der Waals surface area contributed by atoms with E-state index in [1.54, 1.807) is 37.3 Å². The number of para-hydroxylation sites is 2. The second kappa shape index (κ2) is 7.19. The Labute approximate surface area is 183 Å². The van der Waals surface area contributed by atoms with Crippen molar-refractivity contribution in [3.63, 3.8) is 0 Å². The summed E-state index contributed by atoms with van der Waals surface area (Å²) in [7, 11) is 0. The van der Waals surface area contributed by atoms with Crippen molar-refractivity contribution in [3.8, 4) is 0 Å². The standard InChI is InChI=1S/C24H20N4O4/c1-24(17-10-6-8-15-7-2-3-9-16(15)17)22(31)28(23(32)26-24)14-21(30)27-13-20(29)25-18-11-4-5-12-19(18)27/h2-12H,13-14H2,1H3,(H,25,29)(H,26,32). The van der Waals surface area contributed by atoms with E-state index in [0.29, 0.717) is 16.9 Å². The molecule has 2 aliphatic rings. The van der Waals surface area contributed by atoms with Crippen molar-refractivity contribution in [2.75, 3.05) is 23.3 Å². The van der Waals surface area contributed by atoms with Gasteiger partial charge in [-0.25, -0.2) is 4.79 Å².